The molecule has 0 aliphatic carbocycles. The second-order valence-corrected chi connectivity index (χ2v) is 5.25. The summed E-state index contributed by atoms with van der Waals surface area (Å²) in [6.45, 7) is 1.24. The Kier molecular flexibility index (Phi) is 3.53. The Labute approximate surface area is 117 Å². The van der Waals surface area contributed by atoms with Gasteiger partial charge in [-0.15, -0.1) is 0 Å². The molecule has 0 bridgehead atoms. The fourth-order valence-corrected chi connectivity index (χ4v) is 2.69. The predicted molar refractivity (Wildman–Crippen MR) is 68.9 cm³/mol. The third-order valence-corrected chi connectivity index (χ3v) is 3.92. The monoisotopic (exact) mass is 297 g/mol. The van der Waals surface area contributed by atoms with Crippen molar-refractivity contribution in [1.29, 1.82) is 0 Å². The van der Waals surface area contributed by atoms with Gasteiger partial charge in [0.15, 0.2) is 16.6 Å². The highest BCUT2D eigenvalue weighted by Gasteiger charge is 2.36. The molecular formula is C11H11N3O5S. The minimum atomic E-state index is -1.31. The molecule has 1 aromatic rings. The zero-order chi connectivity index (χ0) is 15.0. The molecule has 9 heteroatoms. The summed E-state index contributed by atoms with van der Waals surface area (Å²) in [6, 6.07) is -0.778. The molecule has 1 fully saturated rings. The lowest BCUT2D eigenvalue weighted by Gasteiger charge is -2.09. The smallest absolute Gasteiger partial charge is 0.356 e. The number of nitrogens with zero attached hydrogens (tertiary/aromatic N) is 2. The zero-order valence-corrected chi connectivity index (χ0v) is 11.5. The van der Waals surface area contributed by atoms with Gasteiger partial charge in [0.05, 0.1) is 6.42 Å². The van der Waals surface area contributed by atoms with Crippen LogP contribution in [-0.2, 0) is 9.59 Å². The van der Waals surface area contributed by atoms with Gasteiger partial charge in [0.2, 0.25) is 5.91 Å². The summed E-state index contributed by atoms with van der Waals surface area (Å²) >= 11 is 0.853. The van der Waals surface area contributed by atoms with Crippen molar-refractivity contribution in [2.24, 2.45) is 0 Å². The second-order valence-electron chi connectivity index (χ2n) is 4.25. The molecule has 1 saturated heterocycles. The van der Waals surface area contributed by atoms with Crippen LogP contribution in [0.4, 0.5) is 5.13 Å². The fourth-order valence-electron chi connectivity index (χ4n) is 1.78. The Bertz CT molecular complexity index is 592. The number of ketones is 1. The van der Waals surface area contributed by atoms with Crippen molar-refractivity contribution in [3.63, 3.8) is 0 Å². The van der Waals surface area contributed by atoms with Crippen LogP contribution >= 0.6 is 11.3 Å². The van der Waals surface area contributed by atoms with Crippen molar-refractivity contribution in [2.75, 3.05) is 12.4 Å². The first-order valence-corrected chi connectivity index (χ1v) is 6.45. The SMILES string of the molecule is CC(=O)c1sc(NC2CC(=O)N(C)C2=O)nc1C(=O)O. The molecule has 0 spiro atoms. The summed E-state index contributed by atoms with van der Waals surface area (Å²) in [7, 11) is 1.37. The van der Waals surface area contributed by atoms with Crippen LogP contribution in [0.3, 0.4) is 0 Å². The minimum Gasteiger partial charge on any atom is -0.476 e. The molecule has 2 amide bonds. The summed E-state index contributed by atoms with van der Waals surface area (Å²) in [4.78, 5) is 50.2. The number of nitrogens with one attached hydrogen (secondary N) is 1. The number of likely N-dealkylation sites (N-methyl/N-ethyl adjacent to an activating group) is 1. The summed E-state index contributed by atoms with van der Waals surface area (Å²) < 4.78 is 0. The van der Waals surface area contributed by atoms with Gasteiger partial charge >= 0.3 is 5.97 Å². The molecule has 0 aromatic carbocycles. The maximum atomic E-state index is 11.7. The van der Waals surface area contributed by atoms with E-state index in [-0.39, 0.29) is 28.0 Å². The highest BCUT2D eigenvalue weighted by atomic mass is 32.1. The Balaban J connectivity index is 2.25. The Morgan fingerprint density at radius 1 is 1.45 bits per heavy atom. The van der Waals surface area contributed by atoms with Gasteiger partial charge in [-0.25, -0.2) is 9.78 Å². The number of hydrogen-bond donors (Lipinski definition) is 2. The van der Waals surface area contributed by atoms with Gasteiger partial charge in [0, 0.05) is 14.0 Å². The maximum absolute atomic E-state index is 11.7. The van der Waals surface area contributed by atoms with Crippen LogP contribution in [0.15, 0.2) is 0 Å². The third-order valence-electron chi connectivity index (χ3n) is 2.83. The maximum Gasteiger partial charge on any atom is 0.356 e. The first-order chi connectivity index (χ1) is 9.31. The van der Waals surface area contributed by atoms with Gasteiger partial charge in [-0.2, -0.15) is 0 Å². The molecule has 1 aliphatic rings. The van der Waals surface area contributed by atoms with Crippen LogP contribution in [0.1, 0.15) is 33.5 Å². The van der Waals surface area contributed by atoms with Gasteiger partial charge in [-0.1, -0.05) is 11.3 Å². The molecular weight excluding hydrogens is 286 g/mol. The van der Waals surface area contributed by atoms with E-state index in [0.717, 1.165) is 16.2 Å². The molecule has 2 N–H and O–H groups in total. The summed E-state index contributed by atoms with van der Waals surface area (Å²) in [6.07, 6.45) is -0.0211. The van der Waals surface area contributed by atoms with Crippen molar-refractivity contribution >= 4 is 40.0 Å². The average molecular weight is 297 g/mol. The Hall–Kier alpha value is -2.29. The Morgan fingerprint density at radius 3 is 2.50 bits per heavy atom. The number of aromatic nitrogens is 1. The van der Waals surface area contributed by atoms with E-state index in [2.05, 4.69) is 10.3 Å². The van der Waals surface area contributed by atoms with Crippen molar-refractivity contribution in [1.82, 2.24) is 9.88 Å². The van der Waals surface area contributed by atoms with E-state index in [1.807, 2.05) is 0 Å². The molecule has 2 rings (SSSR count). The van der Waals surface area contributed by atoms with E-state index in [4.69, 9.17) is 5.11 Å². The van der Waals surface area contributed by atoms with E-state index in [1.165, 1.54) is 14.0 Å². The molecule has 8 nitrogen and oxygen atoms in total. The van der Waals surface area contributed by atoms with Gasteiger partial charge in [-0.3, -0.25) is 19.3 Å². The van der Waals surface area contributed by atoms with Crippen LogP contribution in [0, 0.1) is 0 Å². The van der Waals surface area contributed by atoms with Crippen molar-refractivity contribution in [2.45, 2.75) is 19.4 Å². The number of Topliss-reactive ketones (excluding diaryl/α,β-unsaturated/α-hetero) is 1. The van der Waals surface area contributed by atoms with Crippen LogP contribution in [-0.4, -0.2) is 51.6 Å². The van der Waals surface area contributed by atoms with E-state index in [1.54, 1.807) is 0 Å². The highest BCUT2D eigenvalue weighted by molar-refractivity contribution is 7.17. The number of carbonyl (C=O) groups excluding carboxylic acids is 3. The summed E-state index contributed by atoms with van der Waals surface area (Å²) in [5.41, 5.74) is -0.352. The lowest BCUT2D eigenvalue weighted by molar-refractivity contribution is -0.136. The largest absolute Gasteiger partial charge is 0.476 e. The van der Waals surface area contributed by atoms with Crippen molar-refractivity contribution < 1.29 is 24.3 Å². The van der Waals surface area contributed by atoms with Crippen LogP contribution < -0.4 is 5.32 Å². The van der Waals surface area contributed by atoms with Gasteiger partial charge in [0.25, 0.3) is 5.91 Å². The minimum absolute atomic E-state index is 0.00475. The number of carboxylic acids is 1. The number of rotatable bonds is 4. The molecule has 20 heavy (non-hydrogen) atoms. The van der Waals surface area contributed by atoms with Crippen LogP contribution in [0.5, 0.6) is 0 Å². The second kappa shape index (κ2) is 5.00. The lowest BCUT2D eigenvalue weighted by Crippen LogP contribution is -2.31. The number of hydrogen-bond acceptors (Lipinski definition) is 7. The van der Waals surface area contributed by atoms with Crippen molar-refractivity contribution in [3.05, 3.63) is 10.6 Å². The molecule has 1 aromatic heterocycles. The lowest BCUT2D eigenvalue weighted by atomic mass is 10.2. The number of likely N-dealkylation sites (tertiary alicyclic amines) is 1. The number of aromatic carboxylic acids is 1. The fraction of sp³-hybridized carbons (Fsp3) is 0.364. The molecule has 1 unspecified atom stereocenters. The predicted octanol–water partition coefficient (Wildman–Crippen LogP) is 0.213. The standard InChI is InChI=1S/C11H11N3O5S/c1-4(15)8-7(10(18)19)13-11(20-8)12-5-3-6(16)14(2)9(5)17/h5H,3H2,1-2H3,(H,12,13)(H,18,19). The molecule has 0 radical (unpaired) electrons. The quantitative estimate of drug-likeness (QED) is 0.602. The highest BCUT2D eigenvalue weighted by Crippen LogP contribution is 2.26. The Morgan fingerprint density at radius 2 is 2.10 bits per heavy atom. The van der Waals surface area contributed by atoms with Crippen molar-refractivity contribution in [3.8, 4) is 0 Å². The number of carbonyl (C=O) groups is 4. The van der Waals surface area contributed by atoms with Gasteiger partial charge in [-0.05, 0) is 0 Å². The zero-order valence-electron chi connectivity index (χ0n) is 10.7. The molecule has 1 atom stereocenters. The average Bonchev–Trinajstić information content (AvgIpc) is 2.88. The normalized spacial score (nSPS) is 18.5. The van der Waals surface area contributed by atoms with Gasteiger partial charge < -0.3 is 10.4 Å². The number of amides is 2. The van der Waals surface area contributed by atoms with E-state index in [9.17, 15) is 19.2 Å². The van der Waals surface area contributed by atoms with E-state index < -0.39 is 23.7 Å². The molecule has 0 saturated carbocycles. The summed E-state index contributed by atoms with van der Waals surface area (Å²) in [5.74, 6) is -2.47. The number of anilines is 1. The van der Waals surface area contributed by atoms with Crippen LogP contribution in [0.25, 0.3) is 0 Å². The topological polar surface area (TPSA) is 117 Å². The first kappa shape index (κ1) is 14.1. The molecule has 2 heterocycles. The first-order valence-electron chi connectivity index (χ1n) is 5.63. The number of carboxylic acid groups (broad SMARTS) is 1. The number of imide groups is 1. The van der Waals surface area contributed by atoms with E-state index in [0.29, 0.717) is 0 Å². The third kappa shape index (κ3) is 2.39. The molecule has 1 aliphatic heterocycles. The molecule has 106 valence electrons. The summed E-state index contributed by atoms with van der Waals surface area (Å²) in [5, 5.41) is 11.8. The van der Waals surface area contributed by atoms with E-state index >= 15 is 0 Å². The number of thiazole rings is 1. The van der Waals surface area contributed by atoms with Gasteiger partial charge in [0.1, 0.15) is 10.9 Å². The van der Waals surface area contributed by atoms with Crippen LogP contribution in [0.2, 0.25) is 0 Å².